The lowest BCUT2D eigenvalue weighted by atomic mass is 10.1. The highest BCUT2D eigenvalue weighted by Gasteiger charge is 2.09. The summed E-state index contributed by atoms with van der Waals surface area (Å²) >= 11 is 1.70. The molecule has 1 N–H and O–H groups in total. The zero-order valence-electron chi connectivity index (χ0n) is 14.3. The fourth-order valence-corrected chi connectivity index (χ4v) is 3.54. The van der Waals surface area contributed by atoms with Gasteiger partial charge in [0.1, 0.15) is 28.0 Å². The van der Waals surface area contributed by atoms with Crippen molar-refractivity contribution >= 4 is 27.4 Å². The number of ether oxygens (including phenoxy) is 2. The first-order chi connectivity index (χ1) is 11.6. The van der Waals surface area contributed by atoms with E-state index in [4.69, 9.17) is 9.47 Å². The molecule has 0 spiro atoms. The van der Waals surface area contributed by atoms with Crippen molar-refractivity contribution in [1.29, 1.82) is 0 Å². The van der Waals surface area contributed by atoms with E-state index in [1.54, 1.807) is 25.6 Å². The van der Waals surface area contributed by atoms with E-state index in [0.717, 1.165) is 51.9 Å². The third-order valence-corrected chi connectivity index (χ3v) is 4.69. The number of methoxy groups -OCH3 is 2. The summed E-state index contributed by atoms with van der Waals surface area (Å²) < 4.78 is 10.6. The number of nitrogens with zero attached hydrogens (tertiary/aromatic N) is 2. The van der Waals surface area contributed by atoms with Crippen LogP contribution in [0, 0.1) is 13.8 Å². The van der Waals surface area contributed by atoms with E-state index < -0.39 is 0 Å². The second kappa shape index (κ2) is 7.05. The Labute approximate surface area is 145 Å². The minimum absolute atomic E-state index is 0.775. The predicted molar refractivity (Wildman–Crippen MR) is 98.6 cm³/mol. The number of fused-ring (bicyclic) bond motifs is 1. The van der Waals surface area contributed by atoms with Crippen molar-refractivity contribution in [3.05, 3.63) is 40.5 Å². The molecule has 0 fully saturated rings. The van der Waals surface area contributed by atoms with Crippen LogP contribution in [0.4, 0.5) is 5.82 Å². The molecule has 0 atom stereocenters. The lowest BCUT2D eigenvalue weighted by Gasteiger charge is -2.10. The number of hydrogen-bond acceptors (Lipinski definition) is 6. The van der Waals surface area contributed by atoms with Crippen LogP contribution in [0.25, 0.3) is 10.2 Å². The molecule has 2 heterocycles. The van der Waals surface area contributed by atoms with Gasteiger partial charge in [0.2, 0.25) is 0 Å². The predicted octanol–water partition coefficient (Wildman–Crippen LogP) is 3.98. The first kappa shape index (κ1) is 16.5. The summed E-state index contributed by atoms with van der Waals surface area (Å²) in [4.78, 5) is 11.3. The van der Waals surface area contributed by atoms with Crippen molar-refractivity contribution in [2.45, 2.75) is 20.3 Å². The smallest absolute Gasteiger partial charge is 0.138 e. The third kappa shape index (κ3) is 3.59. The number of benzene rings is 1. The van der Waals surface area contributed by atoms with Crippen molar-refractivity contribution in [1.82, 2.24) is 9.97 Å². The fourth-order valence-electron chi connectivity index (χ4n) is 2.62. The summed E-state index contributed by atoms with van der Waals surface area (Å²) in [5.74, 6) is 3.29. The molecular formula is C18H21N3O2S. The van der Waals surface area contributed by atoms with Crippen molar-refractivity contribution in [2.24, 2.45) is 0 Å². The Balaban J connectivity index is 1.75. The monoisotopic (exact) mass is 343 g/mol. The van der Waals surface area contributed by atoms with E-state index in [2.05, 4.69) is 28.3 Å². The maximum atomic E-state index is 5.32. The third-order valence-electron chi connectivity index (χ3n) is 3.75. The summed E-state index contributed by atoms with van der Waals surface area (Å²) in [6, 6.07) is 8.07. The number of rotatable bonds is 6. The Morgan fingerprint density at radius 3 is 2.38 bits per heavy atom. The van der Waals surface area contributed by atoms with Gasteiger partial charge in [0.05, 0.1) is 19.6 Å². The van der Waals surface area contributed by atoms with Crippen LogP contribution in [0.2, 0.25) is 0 Å². The number of hydrogen-bond donors (Lipinski definition) is 1. The van der Waals surface area contributed by atoms with Crippen molar-refractivity contribution in [3.63, 3.8) is 0 Å². The van der Waals surface area contributed by atoms with Crippen LogP contribution in [0.3, 0.4) is 0 Å². The first-order valence-corrected chi connectivity index (χ1v) is 8.61. The standard InChI is InChI=1S/C18H21N3O2S/c1-11-7-16-17(20-12(2)21-18(16)24-11)19-6-5-13-8-14(22-3)10-15(9-13)23-4/h7-10H,5-6H2,1-4H3,(H,19,20,21). The van der Waals surface area contributed by atoms with E-state index in [-0.39, 0.29) is 0 Å². The van der Waals surface area contributed by atoms with Gasteiger partial charge in [-0.2, -0.15) is 0 Å². The molecule has 0 saturated carbocycles. The molecule has 0 radical (unpaired) electrons. The van der Waals surface area contributed by atoms with Gasteiger partial charge in [0.15, 0.2) is 0 Å². The van der Waals surface area contributed by atoms with Crippen LogP contribution >= 0.6 is 11.3 Å². The molecule has 2 aromatic heterocycles. The second-order valence-electron chi connectivity index (χ2n) is 5.59. The first-order valence-electron chi connectivity index (χ1n) is 7.79. The van der Waals surface area contributed by atoms with Gasteiger partial charge in [0.25, 0.3) is 0 Å². The molecule has 3 rings (SSSR count). The SMILES string of the molecule is COc1cc(CCNc2nc(C)nc3sc(C)cc23)cc(OC)c1. The Bertz CT molecular complexity index is 839. The number of aryl methyl sites for hydroxylation is 2. The topological polar surface area (TPSA) is 56.3 Å². The van der Waals surface area contributed by atoms with Gasteiger partial charge in [-0.15, -0.1) is 11.3 Å². The van der Waals surface area contributed by atoms with Crippen LogP contribution in [0.5, 0.6) is 11.5 Å². The van der Waals surface area contributed by atoms with E-state index in [1.165, 1.54) is 4.88 Å². The van der Waals surface area contributed by atoms with Gasteiger partial charge >= 0.3 is 0 Å². The molecule has 0 unspecified atom stereocenters. The quantitative estimate of drug-likeness (QED) is 0.734. The summed E-state index contributed by atoms with van der Waals surface area (Å²) in [6.45, 7) is 4.79. The van der Waals surface area contributed by atoms with Gasteiger partial charge in [-0.05, 0) is 44.0 Å². The minimum Gasteiger partial charge on any atom is -0.497 e. The van der Waals surface area contributed by atoms with Crippen LogP contribution in [0.1, 0.15) is 16.3 Å². The molecule has 5 nitrogen and oxygen atoms in total. The molecule has 6 heteroatoms. The number of anilines is 1. The highest BCUT2D eigenvalue weighted by atomic mass is 32.1. The summed E-state index contributed by atoms with van der Waals surface area (Å²) in [5.41, 5.74) is 1.15. The molecule has 0 amide bonds. The van der Waals surface area contributed by atoms with Crippen LogP contribution in [-0.2, 0) is 6.42 Å². The second-order valence-corrected chi connectivity index (χ2v) is 6.83. The maximum absolute atomic E-state index is 5.32. The van der Waals surface area contributed by atoms with Crippen molar-refractivity contribution in [2.75, 3.05) is 26.1 Å². The molecule has 0 aliphatic rings. The lowest BCUT2D eigenvalue weighted by molar-refractivity contribution is 0.393. The largest absolute Gasteiger partial charge is 0.497 e. The molecular weight excluding hydrogens is 322 g/mol. The van der Waals surface area contributed by atoms with Crippen molar-refractivity contribution < 1.29 is 9.47 Å². The Hall–Kier alpha value is -2.34. The number of thiophene rings is 1. The normalized spacial score (nSPS) is 10.8. The van der Waals surface area contributed by atoms with Gasteiger partial charge in [-0.3, -0.25) is 0 Å². The molecule has 1 aromatic carbocycles. The van der Waals surface area contributed by atoms with Gasteiger partial charge in [0, 0.05) is 17.5 Å². The van der Waals surface area contributed by atoms with Gasteiger partial charge in [-0.25, -0.2) is 9.97 Å². The Morgan fingerprint density at radius 2 is 1.71 bits per heavy atom. The molecule has 3 aromatic rings. The lowest BCUT2D eigenvalue weighted by Crippen LogP contribution is -2.08. The van der Waals surface area contributed by atoms with E-state index in [1.807, 2.05) is 25.1 Å². The van der Waals surface area contributed by atoms with E-state index in [9.17, 15) is 0 Å². The molecule has 0 bridgehead atoms. The highest BCUT2D eigenvalue weighted by Crippen LogP contribution is 2.28. The Kier molecular flexibility index (Phi) is 4.85. The fraction of sp³-hybridized carbons (Fsp3) is 0.333. The summed E-state index contributed by atoms with van der Waals surface area (Å²) in [7, 11) is 3.33. The minimum atomic E-state index is 0.775. The maximum Gasteiger partial charge on any atom is 0.138 e. The van der Waals surface area contributed by atoms with E-state index in [0.29, 0.717) is 0 Å². The summed E-state index contributed by atoms with van der Waals surface area (Å²) in [6.07, 6.45) is 0.848. The molecule has 0 aliphatic heterocycles. The highest BCUT2D eigenvalue weighted by molar-refractivity contribution is 7.18. The molecule has 126 valence electrons. The van der Waals surface area contributed by atoms with Crippen LogP contribution < -0.4 is 14.8 Å². The number of nitrogens with one attached hydrogen (secondary N) is 1. The zero-order chi connectivity index (χ0) is 17.1. The van der Waals surface area contributed by atoms with Crippen LogP contribution in [0.15, 0.2) is 24.3 Å². The number of aromatic nitrogens is 2. The van der Waals surface area contributed by atoms with Gasteiger partial charge in [-0.1, -0.05) is 0 Å². The molecule has 0 aliphatic carbocycles. The average molecular weight is 343 g/mol. The summed E-state index contributed by atoms with van der Waals surface area (Å²) in [5, 5.41) is 4.53. The van der Waals surface area contributed by atoms with Gasteiger partial charge < -0.3 is 14.8 Å². The van der Waals surface area contributed by atoms with Crippen LogP contribution in [-0.4, -0.2) is 30.7 Å². The van der Waals surface area contributed by atoms with Crippen molar-refractivity contribution in [3.8, 4) is 11.5 Å². The Morgan fingerprint density at radius 1 is 1.00 bits per heavy atom. The molecule has 24 heavy (non-hydrogen) atoms. The molecule has 0 saturated heterocycles. The average Bonchev–Trinajstić information content (AvgIpc) is 2.94. The van der Waals surface area contributed by atoms with E-state index >= 15 is 0 Å². The zero-order valence-corrected chi connectivity index (χ0v) is 15.2.